The summed E-state index contributed by atoms with van der Waals surface area (Å²) < 4.78 is 0. The first-order valence-corrected chi connectivity index (χ1v) is 6.20. The average molecular weight is 236 g/mol. The summed E-state index contributed by atoms with van der Waals surface area (Å²) in [5.41, 5.74) is 5.56. The minimum absolute atomic E-state index is 0.181. The minimum atomic E-state index is -0.182. The molecule has 2 unspecified atom stereocenters. The quantitative estimate of drug-likeness (QED) is 0.733. The van der Waals surface area contributed by atoms with Crippen molar-refractivity contribution in [1.82, 2.24) is 9.97 Å². The maximum Gasteiger partial charge on any atom is 0.290 e. The van der Waals surface area contributed by atoms with Gasteiger partial charge in [-0.3, -0.25) is 4.79 Å². The predicted octanol–water partition coefficient (Wildman–Crippen LogP) is 1.09. The van der Waals surface area contributed by atoms with Crippen molar-refractivity contribution in [3.8, 4) is 0 Å². The molecule has 5 nitrogen and oxygen atoms in total. The highest BCUT2D eigenvalue weighted by atomic mass is 16.1. The molecule has 0 spiro atoms. The van der Waals surface area contributed by atoms with Crippen LogP contribution in [0.1, 0.15) is 32.6 Å². The molecule has 1 heterocycles. The van der Waals surface area contributed by atoms with E-state index in [1.165, 1.54) is 12.6 Å². The lowest BCUT2D eigenvalue weighted by molar-refractivity contribution is 0.235. The van der Waals surface area contributed by atoms with Crippen molar-refractivity contribution < 1.29 is 0 Å². The molecule has 1 saturated carbocycles. The van der Waals surface area contributed by atoms with E-state index in [0.717, 1.165) is 19.3 Å². The largest absolute Gasteiger partial charge is 0.358 e. The van der Waals surface area contributed by atoms with Crippen LogP contribution in [-0.4, -0.2) is 22.1 Å². The normalized spacial score (nSPS) is 28.9. The van der Waals surface area contributed by atoms with E-state index in [4.69, 9.17) is 5.73 Å². The maximum absolute atomic E-state index is 11.6. The predicted molar refractivity (Wildman–Crippen MR) is 67.9 cm³/mol. The monoisotopic (exact) mass is 236 g/mol. The van der Waals surface area contributed by atoms with Crippen molar-refractivity contribution in [2.24, 2.45) is 11.7 Å². The lowest BCUT2D eigenvalue weighted by atomic mass is 9.73. The van der Waals surface area contributed by atoms with Gasteiger partial charge in [0.25, 0.3) is 5.56 Å². The second-order valence-electron chi connectivity index (χ2n) is 4.90. The number of H-pyrrole nitrogens is 1. The highest BCUT2D eigenvalue weighted by molar-refractivity contribution is 5.35. The van der Waals surface area contributed by atoms with Gasteiger partial charge in [0.1, 0.15) is 0 Å². The number of hydrogen-bond acceptors (Lipinski definition) is 4. The Balaban J connectivity index is 2.25. The molecule has 0 bridgehead atoms. The summed E-state index contributed by atoms with van der Waals surface area (Å²) in [7, 11) is 0. The topological polar surface area (TPSA) is 83.8 Å². The summed E-state index contributed by atoms with van der Waals surface area (Å²) in [5.74, 6) is 0.842. The van der Waals surface area contributed by atoms with Crippen LogP contribution < -0.4 is 16.6 Å². The lowest BCUT2D eigenvalue weighted by Crippen LogP contribution is -2.53. The van der Waals surface area contributed by atoms with Crippen molar-refractivity contribution in [3.05, 3.63) is 22.7 Å². The van der Waals surface area contributed by atoms with Gasteiger partial charge in [0.15, 0.2) is 5.82 Å². The number of anilines is 1. The Kier molecular flexibility index (Phi) is 3.47. The zero-order chi connectivity index (χ0) is 12.3. The maximum atomic E-state index is 11.6. The molecule has 1 aliphatic carbocycles. The molecule has 4 N–H and O–H groups in total. The van der Waals surface area contributed by atoms with Gasteiger partial charge in [0.05, 0.1) is 5.54 Å². The highest BCUT2D eigenvalue weighted by Gasteiger charge is 2.37. The van der Waals surface area contributed by atoms with E-state index < -0.39 is 0 Å². The van der Waals surface area contributed by atoms with E-state index in [2.05, 4.69) is 22.2 Å². The van der Waals surface area contributed by atoms with Crippen molar-refractivity contribution in [2.45, 2.75) is 38.1 Å². The van der Waals surface area contributed by atoms with Crippen molar-refractivity contribution >= 4 is 5.82 Å². The number of nitrogens with one attached hydrogen (secondary N) is 2. The zero-order valence-electron chi connectivity index (χ0n) is 10.2. The second-order valence-corrected chi connectivity index (χ2v) is 4.90. The Bertz CT molecular complexity index is 431. The lowest BCUT2D eigenvalue weighted by Gasteiger charge is -2.42. The summed E-state index contributed by atoms with van der Waals surface area (Å²) in [4.78, 5) is 18.3. The van der Waals surface area contributed by atoms with Crippen LogP contribution in [0, 0.1) is 5.92 Å². The van der Waals surface area contributed by atoms with Gasteiger partial charge in [-0.2, -0.15) is 0 Å². The first-order chi connectivity index (χ1) is 8.18. The summed E-state index contributed by atoms with van der Waals surface area (Å²) in [5, 5.41) is 3.28. The number of rotatable bonds is 3. The minimum Gasteiger partial charge on any atom is -0.358 e. The van der Waals surface area contributed by atoms with Crippen LogP contribution in [0.25, 0.3) is 0 Å². The zero-order valence-corrected chi connectivity index (χ0v) is 10.2. The van der Waals surface area contributed by atoms with Gasteiger partial charge in [-0.25, -0.2) is 4.98 Å². The standard InChI is InChI=1S/C12H20N4O/c1-9-4-2-3-5-12(9,8-13)16-10-11(17)15-7-6-14-10/h6-7,9H,2-5,8,13H2,1H3,(H,14,16)(H,15,17). The summed E-state index contributed by atoms with van der Waals surface area (Å²) in [6.07, 6.45) is 7.66. The molecule has 0 aromatic carbocycles. The van der Waals surface area contributed by atoms with E-state index in [0.29, 0.717) is 18.3 Å². The molecule has 0 saturated heterocycles. The first kappa shape index (κ1) is 12.1. The van der Waals surface area contributed by atoms with E-state index in [9.17, 15) is 4.79 Å². The molecule has 2 rings (SSSR count). The van der Waals surface area contributed by atoms with E-state index in [-0.39, 0.29) is 11.1 Å². The molecule has 0 radical (unpaired) electrons. The van der Waals surface area contributed by atoms with Gasteiger partial charge in [-0.1, -0.05) is 19.8 Å². The van der Waals surface area contributed by atoms with Gasteiger partial charge >= 0.3 is 0 Å². The first-order valence-electron chi connectivity index (χ1n) is 6.20. The van der Waals surface area contributed by atoms with Crippen LogP contribution in [0.5, 0.6) is 0 Å². The fourth-order valence-corrected chi connectivity index (χ4v) is 2.63. The summed E-state index contributed by atoms with van der Waals surface area (Å²) >= 11 is 0. The van der Waals surface area contributed by atoms with Gasteiger partial charge in [-0.15, -0.1) is 0 Å². The molecular formula is C12H20N4O. The van der Waals surface area contributed by atoms with Crippen molar-refractivity contribution in [1.29, 1.82) is 0 Å². The Morgan fingerprint density at radius 3 is 3.12 bits per heavy atom. The smallest absolute Gasteiger partial charge is 0.290 e. The SMILES string of the molecule is CC1CCCCC1(CN)Nc1ncc[nH]c1=O. The molecule has 0 amide bonds. The number of hydrogen-bond donors (Lipinski definition) is 3. The number of aromatic amines is 1. The third-order valence-electron chi connectivity index (χ3n) is 3.89. The van der Waals surface area contributed by atoms with E-state index >= 15 is 0 Å². The third kappa shape index (κ3) is 2.34. The molecule has 0 aliphatic heterocycles. The van der Waals surface area contributed by atoms with Crippen LogP contribution >= 0.6 is 0 Å². The molecule has 1 aromatic heterocycles. The number of aromatic nitrogens is 2. The van der Waals surface area contributed by atoms with E-state index in [1.54, 1.807) is 6.20 Å². The Labute approximate surface area is 101 Å². The molecule has 94 valence electrons. The summed E-state index contributed by atoms with van der Waals surface area (Å²) in [6, 6.07) is 0. The Morgan fingerprint density at radius 1 is 1.65 bits per heavy atom. The Hall–Kier alpha value is -1.36. The van der Waals surface area contributed by atoms with Crippen LogP contribution in [0.4, 0.5) is 5.82 Å². The number of nitrogens with zero attached hydrogens (tertiary/aromatic N) is 1. The Morgan fingerprint density at radius 2 is 2.47 bits per heavy atom. The second kappa shape index (κ2) is 4.87. The highest BCUT2D eigenvalue weighted by Crippen LogP contribution is 2.34. The molecule has 1 aliphatic rings. The number of nitrogens with two attached hydrogens (primary N) is 1. The molecule has 5 heteroatoms. The van der Waals surface area contributed by atoms with Crippen molar-refractivity contribution in [3.63, 3.8) is 0 Å². The van der Waals surface area contributed by atoms with Crippen LogP contribution in [-0.2, 0) is 0 Å². The fourth-order valence-electron chi connectivity index (χ4n) is 2.63. The van der Waals surface area contributed by atoms with Crippen molar-refractivity contribution in [2.75, 3.05) is 11.9 Å². The van der Waals surface area contributed by atoms with Gasteiger partial charge in [0, 0.05) is 18.9 Å². The molecule has 1 fully saturated rings. The average Bonchev–Trinajstić information content (AvgIpc) is 2.35. The molecular weight excluding hydrogens is 216 g/mol. The molecule has 1 aromatic rings. The van der Waals surface area contributed by atoms with Gasteiger partial charge < -0.3 is 16.0 Å². The summed E-state index contributed by atoms with van der Waals surface area (Å²) in [6.45, 7) is 2.72. The third-order valence-corrected chi connectivity index (χ3v) is 3.89. The van der Waals surface area contributed by atoms with Gasteiger partial charge in [0.2, 0.25) is 0 Å². The van der Waals surface area contributed by atoms with Gasteiger partial charge in [-0.05, 0) is 18.8 Å². The van der Waals surface area contributed by atoms with Crippen LogP contribution in [0.2, 0.25) is 0 Å². The van der Waals surface area contributed by atoms with E-state index in [1.807, 2.05) is 0 Å². The van der Waals surface area contributed by atoms with Crippen LogP contribution in [0.3, 0.4) is 0 Å². The molecule has 17 heavy (non-hydrogen) atoms. The fraction of sp³-hybridized carbons (Fsp3) is 0.667. The molecule has 2 atom stereocenters. The van der Waals surface area contributed by atoms with Crippen LogP contribution in [0.15, 0.2) is 17.2 Å².